The molecule has 110 valence electrons. The summed E-state index contributed by atoms with van der Waals surface area (Å²) in [5.74, 6) is -0.420. The predicted molar refractivity (Wildman–Crippen MR) is 86.0 cm³/mol. The highest BCUT2D eigenvalue weighted by Crippen LogP contribution is 2.18. The Labute approximate surface area is 132 Å². The molecule has 0 spiro atoms. The maximum Gasteiger partial charge on any atom is 0.256 e. The molecule has 1 atom stereocenters. The summed E-state index contributed by atoms with van der Waals surface area (Å²) in [6, 6.07) is 13.1. The first-order chi connectivity index (χ1) is 9.97. The minimum Gasteiger partial charge on any atom is -0.380 e. The van der Waals surface area contributed by atoms with Gasteiger partial charge in [-0.2, -0.15) is 0 Å². The van der Waals surface area contributed by atoms with Crippen molar-refractivity contribution in [2.45, 2.75) is 25.4 Å². The first-order valence-electron chi connectivity index (χ1n) is 6.67. The minimum absolute atomic E-state index is 0.356. The molecular weight excluding hydrogens is 332 g/mol. The molecule has 0 saturated heterocycles. The van der Waals surface area contributed by atoms with Crippen molar-refractivity contribution in [1.29, 1.82) is 0 Å². The van der Waals surface area contributed by atoms with Gasteiger partial charge in [0.05, 0.1) is 0 Å². The number of hydrogen-bond acceptors (Lipinski definition) is 3. The van der Waals surface area contributed by atoms with Crippen LogP contribution in [-0.2, 0) is 11.2 Å². The molecule has 0 saturated carbocycles. The second-order valence-corrected chi connectivity index (χ2v) is 5.89. The molecule has 0 bridgehead atoms. The minimum atomic E-state index is -1.43. The number of aryl methyl sites for hydroxylation is 1. The van der Waals surface area contributed by atoms with Crippen LogP contribution >= 0.6 is 15.9 Å². The van der Waals surface area contributed by atoms with Crippen molar-refractivity contribution in [1.82, 2.24) is 4.98 Å². The average molecular weight is 349 g/mol. The van der Waals surface area contributed by atoms with Gasteiger partial charge in [0.1, 0.15) is 10.2 Å². The molecule has 1 amide bonds. The summed E-state index contributed by atoms with van der Waals surface area (Å²) in [5, 5.41) is 13.0. The van der Waals surface area contributed by atoms with Crippen LogP contribution < -0.4 is 5.32 Å². The van der Waals surface area contributed by atoms with Crippen LogP contribution in [0.1, 0.15) is 18.9 Å². The molecule has 5 heteroatoms. The van der Waals surface area contributed by atoms with Crippen molar-refractivity contribution in [3.63, 3.8) is 0 Å². The molecule has 0 radical (unpaired) electrons. The standard InChI is InChI=1S/C16H17BrN2O2/c1-16(21,9-7-12-5-3-2-4-6-12)15(20)19-13-8-10-18-14(17)11-13/h2-6,8,10-11,21H,7,9H2,1H3,(H,18,19,20)/t16-/m0/s1. The SMILES string of the molecule is C[C@](O)(CCc1ccccc1)C(=O)Nc1ccnc(Br)c1. The van der Waals surface area contributed by atoms with E-state index in [-0.39, 0.29) is 0 Å². The number of amides is 1. The summed E-state index contributed by atoms with van der Waals surface area (Å²) < 4.78 is 0.629. The van der Waals surface area contributed by atoms with E-state index in [9.17, 15) is 9.90 Å². The van der Waals surface area contributed by atoms with Crippen LogP contribution in [0.4, 0.5) is 5.69 Å². The summed E-state index contributed by atoms with van der Waals surface area (Å²) in [7, 11) is 0. The maximum atomic E-state index is 12.2. The summed E-state index contributed by atoms with van der Waals surface area (Å²) in [5.41, 5.74) is 0.269. The number of carbonyl (C=O) groups is 1. The zero-order valence-corrected chi connectivity index (χ0v) is 13.3. The van der Waals surface area contributed by atoms with Gasteiger partial charge in [-0.3, -0.25) is 4.79 Å². The summed E-state index contributed by atoms with van der Waals surface area (Å²) in [4.78, 5) is 16.2. The maximum absolute atomic E-state index is 12.2. The van der Waals surface area contributed by atoms with Crippen LogP contribution in [0.2, 0.25) is 0 Å². The lowest BCUT2D eigenvalue weighted by Gasteiger charge is -2.22. The van der Waals surface area contributed by atoms with Gasteiger partial charge < -0.3 is 10.4 Å². The van der Waals surface area contributed by atoms with Crippen molar-refractivity contribution >= 4 is 27.5 Å². The number of aliphatic hydroxyl groups is 1. The Morgan fingerprint density at radius 1 is 1.33 bits per heavy atom. The van der Waals surface area contributed by atoms with E-state index in [0.29, 0.717) is 23.1 Å². The van der Waals surface area contributed by atoms with E-state index >= 15 is 0 Å². The van der Waals surface area contributed by atoms with Crippen LogP contribution in [0.15, 0.2) is 53.3 Å². The fourth-order valence-corrected chi connectivity index (χ4v) is 2.26. The molecule has 2 N–H and O–H groups in total. The third-order valence-corrected chi connectivity index (χ3v) is 3.65. The number of nitrogens with zero attached hydrogens (tertiary/aromatic N) is 1. The number of halogens is 1. The van der Waals surface area contributed by atoms with Gasteiger partial charge >= 0.3 is 0 Å². The van der Waals surface area contributed by atoms with Gasteiger partial charge in [-0.1, -0.05) is 30.3 Å². The van der Waals surface area contributed by atoms with Crippen LogP contribution in [0.5, 0.6) is 0 Å². The number of anilines is 1. The molecule has 4 nitrogen and oxygen atoms in total. The number of benzene rings is 1. The van der Waals surface area contributed by atoms with Gasteiger partial charge in [0, 0.05) is 11.9 Å². The van der Waals surface area contributed by atoms with Gasteiger partial charge in [0.15, 0.2) is 0 Å². The number of hydrogen-bond donors (Lipinski definition) is 2. The highest BCUT2D eigenvalue weighted by molar-refractivity contribution is 9.10. The quantitative estimate of drug-likeness (QED) is 0.815. The Kier molecular flexibility index (Phi) is 5.09. The largest absolute Gasteiger partial charge is 0.380 e. The zero-order valence-electron chi connectivity index (χ0n) is 11.7. The summed E-state index contributed by atoms with van der Waals surface area (Å²) in [6.45, 7) is 1.53. The van der Waals surface area contributed by atoms with E-state index in [1.165, 1.54) is 6.92 Å². The van der Waals surface area contributed by atoms with E-state index in [2.05, 4.69) is 26.2 Å². The normalized spacial score (nSPS) is 13.5. The zero-order chi connectivity index (χ0) is 15.3. The first kappa shape index (κ1) is 15.7. The number of pyridine rings is 1. The molecule has 0 fully saturated rings. The Bertz CT molecular complexity index is 615. The number of aromatic nitrogens is 1. The lowest BCUT2D eigenvalue weighted by Crippen LogP contribution is -2.40. The number of rotatable bonds is 5. The van der Waals surface area contributed by atoms with E-state index in [4.69, 9.17) is 0 Å². The monoisotopic (exact) mass is 348 g/mol. The predicted octanol–water partition coefficient (Wildman–Crippen LogP) is 3.17. The van der Waals surface area contributed by atoms with E-state index < -0.39 is 11.5 Å². The Hall–Kier alpha value is -1.72. The molecule has 0 aliphatic rings. The Morgan fingerprint density at radius 2 is 2.05 bits per heavy atom. The first-order valence-corrected chi connectivity index (χ1v) is 7.46. The highest BCUT2D eigenvalue weighted by Gasteiger charge is 2.29. The third kappa shape index (κ3) is 4.65. The topological polar surface area (TPSA) is 62.2 Å². The molecule has 0 unspecified atom stereocenters. The number of carbonyl (C=O) groups excluding carboxylic acids is 1. The van der Waals surface area contributed by atoms with Crippen molar-refractivity contribution in [3.05, 3.63) is 58.8 Å². The highest BCUT2D eigenvalue weighted by atomic mass is 79.9. The van der Waals surface area contributed by atoms with Gasteiger partial charge in [-0.05, 0) is 53.4 Å². The number of nitrogens with one attached hydrogen (secondary N) is 1. The molecule has 21 heavy (non-hydrogen) atoms. The van der Waals surface area contributed by atoms with Gasteiger partial charge in [-0.15, -0.1) is 0 Å². The smallest absolute Gasteiger partial charge is 0.256 e. The van der Waals surface area contributed by atoms with Crippen molar-refractivity contribution in [3.8, 4) is 0 Å². The van der Waals surface area contributed by atoms with Crippen molar-refractivity contribution in [2.24, 2.45) is 0 Å². The molecule has 1 aromatic heterocycles. The van der Waals surface area contributed by atoms with Crippen LogP contribution in [0, 0.1) is 0 Å². The van der Waals surface area contributed by atoms with Crippen LogP contribution in [0.25, 0.3) is 0 Å². The van der Waals surface area contributed by atoms with E-state index in [1.54, 1.807) is 18.3 Å². The average Bonchev–Trinajstić information content (AvgIpc) is 2.46. The van der Waals surface area contributed by atoms with Gasteiger partial charge in [-0.25, -0.2) is 4.98 Å². The summed E-state index contributed by atoms with van der Waals surface area (Å²) in [6.07, 6.45) is 2.58. The fraction of sp³-hybridized carbons (Fsp3) is 0.250. The molecule has 1 aromatic carbocycles. The molecule has 0 aliphatic heterocycles. The molecule has 2 aromatic rings. The van der Waals surface area contributed by atoms with E-state index in [1.807, 2.05) is 30.3 Å². The lowest BCUT2D eigenvalue weighted by molar-refractivity contribution is -0.132. The van der Waals surface area contributed by atoms with Crippen LogP contribution in [0.3, 0.4) is 0 Å². The van der Waals surface area contributed by atoms with Gasteiger partial charge in [0.25, 0.3) is 5.91 Å². The molecule has 0 aliphatic carbocycles. The molecular formula is C16H17BrN2O2. The lowest BCUT2D eigenvalue weighted by atomic mass is 9.96. The van der Waals surface area contributed by atoms with Crippen LogP contribution in [-0.4, -0.2) is 21.6 Å². The Morgan fingerprint density at radius 3 is 2.71 bits per heavy atom. The van der Waals surface area contributed by atoms with E-state index in [0.717, 1.165) is 5.56 Å². The second kappa shape index (κ2) is 6.83. The van der Waals surface area contributed by atoms with Crippen molar-refractivity contribution < 1.29 is 9.90 Å². The second-order valence-electron chi connectivity index (χ2n) is 5.08. The fourth-order valence-electron chi connectivity index (χ4n) is 1.89. The Balaban J connectivity index is 1.96. The summed E-state index contributed by atoms with van der Waals surface area (Å²) >= 11 is 3.24. The van der Waals surface area contributed by atoms with Gasteiger partial charge in [0.2, 0.25) is 0 Å². The third-order valence-electron chi connectivity index (χ3n) is 3.22. The van der Waals surface area contributed by atoms with Crippen molar-refractivity contribution in [2.75, 3.05) is 5.32 Å². The molecule has 2 rings (SSSR count). The molecule has 1 heterocycles.